The van der Waals surface area contributed by atoms with Crippen LogP contribution in [0.3, 0.4) is 0 Å². The maximum atomic E-state index is 12.0. The molecule has 106 valence electrons. The predicted molar refractivity (Wildman–Crippen MR) is 70.5 cm³/mol. The molecule has 20 heavy (non-hydrogen) atoms. The molecule has 2 rings (SSSR count). The quantitative estimate of drug-likeness (QED) is 0.713. The van der Waals surface area contributed by atoms with Crippen LogP contribution in [0.4, 0.5) is 0 Å². The minimum absolute atomic E-state index is 0.0591. The van der Waals surface area contributed by atoms with Crippen molar-refractivity contribution in [3.8, 4) is 0 Å². The smallest absolute Gasteiger partial charge is 0.322 e. The minimum Gasteiger partial charge on any atom is -0.480 e. The van der Waals surface area contributed by atoms with Crippen molar-refractivity contribution in [2.24, 2.45) is 0 Å². The van der Waals surface area contributed by atoms with E-state index in [0.717, 1.165) is 5.56 Å². The molecule has 0 amide bonds. The lowest BCUT2D eigenvalue weighted by molar-refractivity contribution is -0.138. The number of benzene rings is 1. The number of nitrogens with zero attached hydrogens (tertiary/aromatic N) is 1. The number of nitrogens with one attached hydrogen (secondary N) is 2. The second-order valence-corrected chi connectivity index (χ2v) is 5.81. The molecule has 0 saturated carbocycles. The monoisotopic (exact) mass is 295 g/mol. The maximum Gasteiger partial charge on any atom is 0.322 e. The molecule has 2 aromatic rings. The molecule has 0 bridgehead atoms. The number of carboxylic acids is 1. The number of hydrogen-bond acceptors (Lipinski definition) is 4. The normalized spacial score (nSPS) is 13.0. The Bertz CT molecular complexity index is 668. The van der Waals surface area contributed by atoms with Crippen LogP contribution in [0.25, 0.3) is 0 Å². The van der Waals surface area contributed by atoms with Gasteiger partial charge in [0.15, 0.2) is 5.03 Å². The Morgan fingerprint density at radius 3 is 2.55 bits per heavy atom. The fourth-order valence-electron chi connectivity index (χ4n) is 1.67. The Morgan fingerprint density at radius 2 is 2.00 bits per heavy atom. The van der Waals surface area contributed by atoms with Crippen molar-refractivity contribution in [2.75, 3.05) is 0 Å². The molecular weight excluding hydrogens is 282 g/mol. The zero-order valence-electron chi connectivity index (χ0n) is 10.4. The second-order valence-electron chi connectivity index (χ2n) is 4.12. The van der Waals surface area contributed by atoms with E-state index < -0.39 is 22.0 Å². The van der Waals surface area contributed by atoms with Gasteiger partial charge in [-0.05, 0) is 18.1 Å². The van der Waals surface area contributed by atoms with Crippen LogP contribution < -0.4 is 4.72 Å². The summed E-state index contributed by atoms with van der Waals surface area (Å²) in [4.78, 5) is 11.2. The highest BCUT2D eigenvalue weighted by atomic mass is 32.2. The van der Waals surface area contributed by atoms with E-state index in [-0.39, 0.29) is 11.4 Å². The summed E-state index contributed by atoms with van der Waals surface area (Å²) in [6.45, 7) is 0. The zero-order valence-corrected chi connectivity index (χ0v) is 11.2. The van der Waals surface area contributed by atoms with Gasteiger partial charge in [-0.1, -0.05) is 30.3 Å². The van der Waals surface area contributed by atoms with Crippen LogP contribution in [0, 0.1) is 0 Å². The highest BCUT2D eigenvalue weighted by molar-refractivity contribution is 7.89. The number of carboxylic acid groups (broad SMARTS) is 1. The van der Waals surface area contributed by atoms with Gasteiger partial charge in [0.25, 0.3) is 10.0 Å². The van der Waals surface area contributed by atoms with Crippen molar-refractivity contribution in [3.05, 3.63) is 48.2 Å². The van der Waals surface area contributed by atoms with Gasteiger partial charge in [0.2, 0.25) is 0 Å². The summed E-state index contributed by atoms with van der Waals surface area (Å²) in [5.41, 5.74) is 0.729. The summed E-state index contributed by atoms with van der Waals surface area (Å²) >= 11 is 0. The van der Waals surface area contributed by atoms with Crippen LogP contribution in [0.15, 0.2) is 47.6 Å². The van der Waals surface area contributed by atoms with E-state index in [4.69, 9.17) is 5.11 Å². The number of hydrogen-bond donors (Lipinski definition) is 3. The van der Waals surface area contributed by atoms with E-state index >= 15 is 0 Å². The fourth-order valence-corrected chi connectivity index (χ4v) is 2.77. The number of rotatable bonds is 6. The van der Waals surface area contributed by atoms with Crippen LogP contribution in [-0.2, 0) is 21.2 Å². The van der Waals surface area contributed by atoms with Crippen LogP contribution in [0.1, 0.15) is 5.56 Å². The first kappa shape index (κ1) is 14.2. The molecular formula is C12H13N3O4S. The van der Waals surface area contributed by atoms with Gasteiger partial charge in [0.05, 0.1) is 6.20 Å². The van der Waals surface area contributed by atoms with Crippen molar-refractivity contribution >= 4 is 16.0 Å². The first-order chi connectivity index (χ1) is 9.49. The zero-order chi connectivity index (χ0) is 14.6. The molecule has 1 aromatic carbocycles. The van der Waals surface area contributed by atoms with E-state index in [1.165, 1.54) is 12.3 Å². The molecule has 7 nitrogen and oxygen atoms in total. The van der Waals surface area contributed by atoms with Crippen molar-refractivity contribution in [3.63, 3.8) is 0 Å². The lowest BCUT2D eigenvalue weighted by Gasteiger charge is -2.14. The summed E-state index contributed by atoms with van der Waals surface area (Å²) in [5, 5.41) is 14.8. The van der Waals surface area contributed by atoms with E-state index in [1.54, 1.807) is 30.3 Å². The summed E-state index contributed by atoms with van der Waals surface area (Å²) in [5.74, 6) is -1.24. The average molecular weight is 295 g/mol. The topological polar surface area (TPSA) is 112 Å². The molecule has 0 spiro atoms. The van der Waals surface area contributed by atoms with Crippen molar-refractivity contribution in [1.82, 2.24) is 14.9 Å². The van der Waals surface area contributed by atoms with Crippen LogP contribution in [0.5, 0.6) is 0 Å². The largest absolute Gasteiger partial charge is 0.480 e. The van der Waals surface area contributed by atoms with Crippen molar-refractivity contribution in [2.45, 2.75) is 17.5 Å². The van der Waals surface area contributed by atoms with Gasteiger partial charge < -0.3 is 5.11 Å². The Hall–Kier alpha value is -2.19. The number of H-pyrrole nitrogens is 1. The van der Waals surface area contributed by atoms with Crippen molar-refractivity contribution in [1.29, 1.82) is 0 Å². The van der Waals surface area contributed by atoms with Gasteiger partial charge in [0, 0.05) is 0 Å². The van der Waals surface area contributed by atoms with Gasteiger partial charge in [-0.2, -0.15) is 9.82 Å². The molecule has 3 N–H and O–H groups in total. The average Bonchev–Trinajstić information content (AvgIpc) is 2.93. The number of aliphatic carboxylic acids is 1. The standard InChI is InChI=1S/C12H13N3O4S/c16-12(17)10(8-9-4-2-1-3-5-9)15-20(18,19)11-6-7-13-14-11/h1-7,10,15H,8H2,(H,13,14)(H,16,17)/t10-/m1/s1. The summed E-state index contributed by atoms with van der Waals surface area (Å²) in [6.07, 6.45) is 1.34. The number of aromatic amines is 1. The van der Waals surface area contributed by atoms with E-state index in [0.29, 0.717) is 0 Å². The molecule has 1 heterocycles. The molecule has 0 aliphatic rings. The van der Waals surface area contributed by atoms with Gasteiger partial charge in [-0.15, -0.1) is 0 Å². The Morgan fingerprint density at radius 1 is 1.30 bits per heavy atom. The van der Waals surface area contributed by atoms with Crippen LogP contribution in [-0.4, -0.2) is 35.7 Å². The molecule has 8 heteroatoms. The van der Waals surface area contributed by atoms with Gasteiger partial charge in [0.1, 0.15) is 6.04 Å². The lowest BCUT2D eigenvalue weighted by atomic mass is 10.1. The van der Waals surface area contributed by atoms with Crippen LogP contribution in [0.2, 0.25) is 0 Å². The number of sulfonamides is 1. The molecule has 0 radical (unpaired) electrons. The van der Waals surface area contributed by atoms with Gasteiger partial charge in [-0.25, -0.2) is 8.42 Å². The minimum atomic E-state index is -3.93. The predicted octanol–water partition coefficient (Wildman–Crippen LogP) is 0.384. The SMILES string of the molecule is O=C(O)[C@@H](Cc1ccccc1)NS(=O)(=O)c1ccn[nH]1. The fraction of sp³-hybridized carbons (Fsp3) is 0.167. The Labute approximate surface area is 115 Å². The third kappa shape index (κ3) is 3.43. The molecule has 0 saturated heterocycles. The molecule has 0 aliphatic carbocycles. The first-order valence-corrected chi connectivity index (χ1v) is 7.26. The van der Waals surface area contributed by atoms with Crippen molar-refractivity contribution < 1.29 is 18.3 Å². The van der Waals surface area contributed by atoms with Gasteiger partial charge in [-0.3, -0.25) is 9.89 Å². The number of aromatic nitrogens is 2. The first-order valence-electron chi connectivity index (χ1n) is 5.77. The van der Waals surface area contributed by atoms with E-state index in [9.17, 15) is 13.2 Å². The molecule has 0 unspecified atom stereocenters. The molecule has 0 fully saturated rings. The maximum absolute atomic E-state index is 12.0. The highest BCUT2D eigenvalue weighted by Crippen LogP contribution is 2.08. The van der Waals surface area contributed by atoms with Gasteiger partial charge >= 0.3 is 5.97 Å². The molecule has 1 aromatic heterocycles. The Balaban J connectivity index is 2.17. The third-order valence-corrected chi connectivity index (χ3v) is 4.04. The summed E-state index contributed by atoms with van der Waals surface area (Å²) in [6, 6.07) is 8.80. The number of carbonyl (C=O) groups is 1. The van der Waals surface area contributed by atoms with Crippen LogP contribution >= 0.6 is 0 Å². The highest BCUT2D eigenvalue weighted by Gasteiger charge is 2.26. The summed E-state index contributed by atoms with van der Waals surface area (Å²) < 4.78 is 26.1. The van der Waals surface area contributed by atoms with E-state index in [2.05, 4.69) is 14.9 Å². The molecule has 1 atom stereocenters. The lowest BCUT2D eigenvalue weighted by Crippen LogP contribution is -2.42. The third-order valence-electron chi connectivity index (χ3n) is 2.64. The second kappa shape index (κ2) is 5.85. The van der Waals surface area contributed by atoms with E-state index in [1.807, 2.05) is 0 Å². The Kier molecular flexibility index (Phi) is 4.16. The molecule has 0 aliphatic heterocycles. The summed E-state index contributed by atoms with van der Waals surface area (Å²) in [7, 11) is -3.93.